The SMILES string of the molecule is COC(=O)C(CC(C)(C)c1cc(F)ccc1Br)C(=O)c1ccccc1. The standard InChI is InChI=1S/C20H20BrFO3/c1-20(2,16-11-14(22)9-10-17(16)21)12-15(19(24)25-3)18(23)13-7-5-4-6-8-13/h4-11,15H,12H2,1-3H3. The lowest BCUT2D eigenvalue weighted by Crippen LogP contribution is -2.33. The lowest BCUT2D eigenvalue weighted by Gasteiger charge is -2.29. The number of hydrogen-bond acceptors (Lipinski definition) is 3. The molecule has 0 amide bonds. The van der Waals surface area contributed by atoms with Crippen LogP contribution in [0.2, 0.25) is 0 Å². The van der Waals surface area contributed by atoms with Gasteiger partial charge < -0.3 is 4.74 Å². The third-order valence-electron chi connectivity index (χ3n) is 4.23. The molecule has 1 unspecified atom stereocenters. The molecule has 2 aromatic rings. The van der Waals surface area contributed by atoms with Crippen LogP contribution in [0.1, 0.15) is 36.2 Å². The summed E-state index contributed by atoms with van der Waals surface area (Å²) in [6.45, 7) is 3.75. The first-order chi connectivity index (χ1) is 11.8. The average Bonchev–Trinajstić information content (AvgIpc) is 2.61. The van der Waals surface area contributed by atoms with Gasteiger partial charge in [-0.25, -0.2) is 4.39 Å². The van der Waals surface area contributed by atoms with Crippen LogP contribution >= 0.6 is 15.9 Å². The van der Waals surface area contributed by atoms with Crippen LogP contribution in [0.3, 0.4) is 0 Å². The Kier molecular flexibility index (Phi) is 6.11. The molecule has 0 radical (unpaired) electrons. The Balaban J connectivity index is 2.37. The molecule has 132 valence electrons. The summed E-state index contributed by atoms with van der Waals surface area (Å²) in [5, 5.41) is 0. The van der Waals surface area contributed by atoms with Crippen molar-refractivity contribution in [1.29, 1.82) is 0 Å². The fourth-order valence-corrected chi connectivity index (χ4v) is 3.65. The Morgan fingerprint density at radius 3 is 2.40 bits per heavy atom. The number of methoxy groups -OCH3 is 1. The Morgan fingerprint density at radius 1 is 1.16 bits per heavy atom. The fraction of sp³-hybridized carbons (Fsp3) is 0.300. The average molecular weight is 407 g/mol. The van der Waals surface area contributed by atoms with E-state index in [0.29, 0.717) is 11.1 Å². The lowest BCUT2D eigenvalue weighted by molar-refractivity contribution is -0.144. The van der Waals surface area contributed by atoms with Crippen LogP contribution in [0.5, 0.6) is 0 Å². The zero-order chi connectivity index (χ0) is 18.6. The van der Waals surface area contributed by atoms with E-state index in [9.17, 15) is 14.0 Å². The van der Waals surface area contributed by atoms with E-state index >= 15 is 0 Å². The maximum Gasteiger partial charge on any atom is 0.316 e. The van der Waals surface area contributed by atoms with E-state index in [1.54, 1.807) is 36.4 Å². The van der Waals surface area contributed by atoms with E-state index in [1.807, 2.05) is 13.8 Å². The number of hydrogen-bond donors (Lipinski definition) is 0. The molecule has 0 saturated carbocycles. The maximum absolute atomic E-state index is 13.7. The van der Waals surface area contributed by atoms with Crippen molar-refractivity contribution in [3.05, 3.63) is 69.9 Å². The third kappa shape index (κ3) is 4.54. The fourth-order valence-electron chi connectivity index (χ4n) is 2.87. The number of benzene rings is 2. The predicted octanol–water partition coefficient (Wildman–Crippen LogP) is 4.93. The van der Waals surface area contributed by atoms with Crippen molar-refractivity contribution in [3.63, 3.8) is 0 Å². The number of Topliss-reactive ketones (excluding diaryl/α,β-unsaturated/α-hetero) is 1. The number of esters is 1. The summed E-state index contributed by atoms with van der Waals surface area (Å²) in [5.74, 6) is -2.21. The number of ketones is 1. The van der Waals surface area contributed by atoms with E-state index in [-0.39, 0.29) is 18.0 Å². The number of carbonyl (C=O) groups excluding carboxylic acids is 2. The van der Waals surface area contributed by atoms with Crippen LogP contribution in [0, 0.1) is 11.7 Å². The highest BCUT2D eigenvalue weighted by atomic mass is 79.9. The quantitative estimate of drug-likeness (QED) is 0.388. The number of halogens is 2. The number of rotatable bonds is 6. The summed E-state index contributed by atoms with van der Waals surface area (Å²) in [4.78, 5) is 25.1. The topological polar surface area (TPSA) is 43.4 Å². The molecule has 0 N–H and O–H groups in total. The molecular formula is C20H20BrFO3. The molecule has 0 saturated heterocycles. The Morgan fingerprint density at radius 2 is 1.80 bits per heavy atom. The van der Waals surface area contributed by atoms with Gasteiger partial charge in [-0.05, 0) is 35.6 Å². The monoisotopic (exact) mass is 406 g/mol. The smallest absolute Gasteiger partial charge is 0.316 e. The van der Waals surface area contributed by atoms with Gasteiger partial charge >= 0.3 is 5.97 Å². The molecule has 0 fully saturated rings. The summed E-state index contributed by atoms with van der Waals surface area (Å²) in [6, 6.07) is 13.0. The van der Waals surface area contributed by atoms with Crippen molar-refractivity contribution in [2.75, 3.05) is 7.11 Å². The minimum Gasteiger partial charge on any atom is -0.468 e. The summed E-state index contributed by atoms with van der Waals surface area (Å²) in [7, 11) is 1.26. The molecule has 0 spiro atoms. The second-order valence-electron chi connectivity index (χ2n) is 6.52. The third-order valence-corrected chi connectivity index (χ3v) is 4.92. The molecule has 0 heterocycles. The predicted molar refractivity (Wildman–Crippen MR) is 98.0 cm³/mol. The molecule has 0 aliphatic rings. The van der Waals surface area contributed by atoms with Gasteiger partial charge in [0, 0.05) is 10.0 Å². The molecule has 0 aliphatic heterocycles. The molecule has 3 nitrogen and oxygen atoms in total. The van der Waals surface area contributed by atoms with Gasteiger partial charge in [-0.3, -0.25) is 9.59 Å². The van der Waals surface area contributed by atoms with Gasteiger partial charge in [0.05, 0.1) is 7.11 Å². The van der Waals surface area contributed by atoms with E-state index in [0.717, 1.165) is 4.47 Å². The highest BCUT2D eigenvalue weighted by Gasteiger charge is 2.36. The van der Waals surface area contributed by atoms with Crippen molar-refractivity contribution in [3.8, 4) is 0 Å². The molecule has 0 aliphatic carbocycles. The zero-order valence-corrected chi connectivity index (χ0v) is 16.0. The highest BCUT2D eigenvalue weighted by molar-refractivity contribution is 9.10. The van der Waals surface area contributed by atoms with E-state index < -0.39 is 17.3 Å². The number of carbonyl (C=O) groups is 2. The molecule has 0 bridgehead atoms. The van der Waals surface area contributed by atoms with Crippen molar-refractivity contribution < 1.29 is 18.7 Å². The second kappa shape index (κ2) is 7.91. The molecule has 1 atom stereocenters. The molecule has 0 aromatic heterocycles. The Labute approximate surface area is 155 Å². The minimum atomic E-state index is -0.961. The summed E-state index contributed by atoms with van der Waals surface area (Å²) < 4.78 is 19.3. The normalized spacial score (nSPS) is 12.5. The zero-order valence-electron chi connectivity index (χ0n) is 14.4. The van der Waals surface area contributed by atoms with Crippen molar-refractivity contribution in [1.82, 2.24) is 0 Å². The van der Waals surface area contributed by atoms with Gasteiger partial charge in [0.25, 0.3) is 0 Å². The Hall–Kier alpha value is -2.01. The van der Waals surface area contributed by atoms with Gasteiger partial charge in [0.15, 0.2) is 5.78 Å². The van der Waals surface area contributed by atoms with Crippen LogP contribution in [0.15, 0.2) is 53.0 Å². The Bertz CT molecular complexity index is 772. The minimum absolute atomic E-state index is 0.204. The maximum atomic E-state index is 13.7. The molecule has 5 heteroatoms. The molecular weight excluding hydrogens is 387 g/mol. The van der Waals surface area contributed by atoms with Crippen molar-refractivity contribution >= 4 is 27.7 Å². The molecule has 2 aromatic carbocycles. The lowest BCUT2D eigenvalue weighted by atomic mass is 9.75. The van der Waals surface area contributed by atoms with Crippen molar-refractivity contribution in [2.45, 2.75) is 25.7 Å². The summed E-state index contributed by atoms with van der Waals surface area (Å²) in [6.07, 6.45) is 0.204. The van der Waals surface area contributed by atoms with E-state index in [1.165, 1.54) is 19.2 Å². The van der Waals surface area contributed by atoms with Crippen LogP contribution < -0.4 is 0 Å². The highest BCUT2D eigenvalue weighted by Crippen LogP contribution is 2.37. The van der Waals surface area contributed by atoms with Gasteiger partial charge in [-0.2, -0.15) is 0 Å². The second-order valence-corrected chi connectivity index (χ2v) is 7.37. The molecule has 2 rings (SSSR count). The number of ether oxygens (including phenoxy) is 1. The van der Waals surface area contributed by atoms with Crippen LogP contribution in [-0.4, -0.2) is 18.9 Å². The van der Waals surface area contributed by atoms with Crippen LogP contribution in [0.4, 0.5) is 4.39 Å². The van der Waals surface area contributed by atoms with Gasteiger partial charge in [0.1, 0.15) is 11.7 Å². The van der Waals surface area contributed by atoms with E-state index in [4.69, 9.17) is 4.74 Å². The first-order valence-corrected chi connectivity index (χ1v) is 8.68. The first-order valence-electron chi connectivity index (χ1n) is 7.89. The van der Waals surface area contributed by atoms with Crippen LogP contribution in [0.25, 0.3) is 0 Å². The van der Waals surface area contributed by atoms with Crippen LogP contribution in [-0.2, 0) is 14.9 Å². The largest absolute Gasteiger partial charge is 0.468 e. The van der Waals surface area contributed by atoms with Gasteiger partial charge in [-0.1, -0.05) is 60.1 Å². The molecule has 25 heavy (non-hydrogen) atoms. The van der Waals surface area contributed by atoms with Crippen molar-refractivity contribution in [2.24, 2.45) is 5.92 Å². The van der Waals surface area contributed by atoms with Gasteiger partial charge in [0.2, 0.25) is 0 Å². The van der Waals surface area contributed by atoms with E-state index in [2.05, 4.69) is 15.9 Å². The summed E-state index contributed by atoms with van der Waals surface area (Å²) >= 11 is 3.42. The van der Waals surface area contributed by atoms with Gasteiger partial charge in [-0.15, -0.1) is 0 Å². The summed E-state index contributed by atoms with van der Waals surface area (Å²) in [5.41, 5.74) is 0.527. The first kappa shape index (κ1) is 19.3.